The third kappa shape index (κ3) is 3.72. The summed E-state index contributed by atoms with van der Waals surface area (Å²) < 4.78 is 0. The molecule has 2 rings (SSSR count). The van der Waals surface area contributed by atoms with Gasteiger partial charge in [-0.1, -0.05) is 0 Å². The Morgan fingerprint density at radius 1 is 1.57 bits per heavy atom. The summed E-state index contributed by atoms with van der Waals surface area (Å²) in [5.41, 5.74) is 5.98. The molecule has 1 amide bonds. The zero-order chi connectivity index (χ0) is 14.9. The Morgan fingerprint density at radius 3 is 2.76 bits per heavy atom. The topological polar surface area (TPSA) is 89.5 Å². The Labute approximate surface area is 133 Å². The molecule has 1 aliphatic heterocycles. The Kier molecular flexibility index (Phi) is 6.12. The van der Waals surface area contributed by atoms with E-state index in [-0.39, 0.29) is 36.1 Å². The molecule has 1 fully saturated rings. The van der Waals surface area contributed by atoms with E-state index in [1.54, 1.807) is 11.8 Å². The van der Waals surface area contributed by atoms with Crippen molar-refractivity contribution in [3.63, 3.8) is 0 Å². The highest BCUT2D eigenvalue weighted by Gasteiger charge is 2.31. The number of nitrogens with zero attached hydrogens (tertiary/aromatic N) is 2. The summed E-state index contributed by atoms with van der Waals surface area (Å²) in [6, 6.07) is 1.32. The molecule has 1 saturated heterocycles. The number of aryl methyl sites for hydroxylation is 1. The average Bonchev–Trinajstić information content (AvgIpc) is 2.80. The lowest BCUT2D eigenvalue weighted by Gasteiger charge is -2.37. The molecule has 0 bridgehead atoms. The second-order valence-corrected chi connectivity index (χ2v) is 6.49. The minimum Gasteiger partial charge on any atom is -0.333 e. The standard InChI is InChI=1S/C13H19N3O3S.ClH/c1-8(14)10-5-3-4-6-15(10)13(17)12-7-11(16(18)19)9(2)20-12;/h7-8,10H,3-6,14H2,1-2H3;1H. The predicted molar refractivity (Wildman–Crippen MR) is 85.3 cm³/mol. The first kappa shape index (κ1) is 17.9. The van der Waals surface area contributed by atoms with E-state index in [0.29, 0.717) is 16.3 Å². The lowest BCUT2D eigenvalue weighted by molar-refractivity contribution is -0.385. The Morgan fingerprint density at radius 2 is 2.24 bits per heavy atom. The first-order valence-electron chi connectivity index (χ1n) is 6.73. The van der Waals surface area contributed by atoms with Crippen LogP contribution in [0.1, 0.15) is 40.7 Å². The van der Waals surface area contributed by atoms with E-state index in [9.17, 15) is 14.9 Å². The first-order valence-corrected chi connectivity index (χ1v) is 7.55. The summed E-state index contributed by atoms with van der Waals surface area (Å²) >= 11 is 1.18. The van der Waals surface area contributed by atoms with Gasteiger partial charge in [0.1, 0.15) is 0 Å². The van der Waals surface area contributed by atoms with E-state index in [1.165, 1.54) is 17.4 Å². The van der Waals surface area contributed by atoms with Crippen LogP contribution in [0.15, 0.2) is 6.07 Å². The molecule has 2 N–H and O–H groups in total. The van der Waals surface area contributed by atoms with Crippen molar-refractivity contribution in [2.45, 2.75) is 45.2 Å². The van der Waals surface area contributed by atoms with Crippen molar-refractivity contribution >= 4 is 35.3 Å². The van der Waals surface area contributed by atoms with E-state index >= 15 is 0 Å². The number of rotatable bonds is 3. The van der Waals surface area contributed by atoms with Crippen molar-refractivity contribution in [2.24, 2.45) is 5.73 Å². The summed E-state index contributed by atoms with van der Waals surface area (Å²) in [5.74, 6) is -0.131. The van der Waals surface area contributed by atoms with Gasteiger partial charge in [-0.05, 0) is 33.1 Å². The zero-order valence-corrected chi connectivity index (χ0v) is 13.7. The lowest BCUT2D eigenvalue weighted by Crippen LogP contribution is -2.51. The van der Waals surface area contributed by atoms with Crippen LogP contribution in [0.2, 0.25) is 0 Å². The van der Waals surface area contributed by atoms with E-state index in [2.05, 4.69) is 0 Å². The second-order valence-electron chi connectivity index (χ2n) is 5.23. The number of hydrogen-bond donors (Lipinski definition) is 1. The van der Waals surface area contributed by atoms with Crippen LogP contribution in [0.5, 0.6) is 0 Å². The van der Waals surface area contributed by atoms with E-state index in [1.807, 2.05) is 6.92 Å². The number of carbonyl (C=O) groups excluding carboxylic acids is 1. The van der Waals surface area contributed by atoms with Crippen LogP contribution in [0.25, 0.3) is 0 Å². The molecule has 1 aliphatic rings. The third-order valence-electron chi connectivity index (χ3n) is 3.72. The maximum Gasteiger partial charge on any atom is 0.283 e. The van der Waals surface area contributed by atoms with Gasteiger partial charge in [-0.2, -0.15) is 0 Å². The summed E-state index contributed by atoms with van der Waals surface area (Å²) in [4.78, 5) is 25.8. The number of amides is 1. The molecule has 118 valence electrons. The van der Waals surface area contributed by atoms with Gasteiger partial charge in [0.15, 0.2) is 0 Å². The smallest absolute Gasteiger partial charge is 0.283 e. The van der Waals surface area contributed by atoms with Crippen LogP contribution in [0.3, 0.4) is 0 Å². The van der Waals surface area contributed by atoms with Gasteiger partial charge in [-0.25, -0.2) is 0 Å². The van der Waals surface area contributed by atoms with Gasteiger partial charge in [0.05, 0.1) is 14.7 Å². The maximum atomic E-state index is 12.6. The van der Waals surface area contributed by atoms with Crippen molar-refractivity contribution in [3.05, 3.63) is 25.9 Å². The molecule has 0 aromatic carbocycles. The van der Waals surface area contributed by atoms with Crippen LogP contribution in [-0.2, 0) is 0 Å². The fourth-order valence-corrected chi connectivity index (χ4v) is 3.60. The molecule has 2 unspecified atom stereocenters. The maximum absolute atomic E-state index is 12.6. The minimum absolute atomic E-state index is 0. The molecule has 0 aliphatic carbocycles. The molecule has 6 nitrogen and oxygen atoms in total. The van der Waals surface area contributed by atoms with Crippen LogP contribution in [0, 0.1) is 17.0 Å². The number of nitrogens with two attached hydrogens (primary N) is 1. The number of thiophene rings is 1. The van der Waals surface area contributed by atoms with Crippen LogP contribution >= 0.6 is 23.7 Å². The molecule has 2 atom stereocenters. The molecule has 0 saturated carbocycles. The van der Waals surface area contributed by atoms with Gasteiger partial charge in [-0.15, -0.1) is 23.7 Å². The van der Waals surface area contributed by atoms with Gasteiger partial charge in [0.2, 0.25) is 0 Å². The van der Waals surface area contributed by atoms with Crippen molar-refractivity contribution < 1.29 is 9.72 Å². The fraction of sp³-hybridized carbons (Fsp3) is 0.615. The number of carbonyl (C=O) groups is 1. The molecular formula is C13H20ClN3O3S. The molecule has 8 heteroatoms. The normalized spacial score (nSPS) is 19.8. The van der Waals surface area contributed by atoms with Crippen molar-refractivity contribution in [1.82, 2.24) is 4.90 Å². The highest BCUT2D eigenvalue weighted by molar-refractivity contribution is 7.14. The summed E-state index contributed by atoms with van der Waals surface area (Å²) in [7, 11) is 0. The zero-order valence-electron chi connectivity index (χ0n) is 12.1. The molecular weight excluding hydrogens is 314 g/mol. The number of piperidine rings is 1. The predicted octanol–water partition coefficient (Wildman–Crippen LogP) is 2.73. The van der Waals surface area contributed by atoms with Crippen molar-refractivity contribution in [1.29, 1.82) is 0 Å². The van der Waals surface area contributed by atoms with Gasteiger partial charge in [0.25, 0.3) is 11.6 Å². The minimum atomic E-state index is -0.443. The monoisotopic (exact) mass is 333 g/mol. The highest BCUT2D eigenvalue weighted by Crippen LogP contribution is 2.30. The largest absolute Gasteiger partial charge is 0.333 e. The molecule has 2 heterocycles. The van der Waals surface area contributed by atoms with Crippen LogP contribution in [-0.4, -0.2) is 34.4 Å². The van der Waals surface area contributed by atoms with E-state index in [4.69, 9.17) is 5.73 Å². The molecule has 0 radical (unpaired) electrons. The second kappa shape index (κ2) is 7.20. The molecule has 0 spiro atoms. The number of nitro groups is 1. The SMILES string of the molecule is Cc1sc(C(=O)N2CCCCC2C(C)N)cc1[N+](=O)[O-].Cl. The van der Waals surface area contributed by atoms with E-state index in [0.717, 1.165) is 19.3 Å². The van der Waals surface area contributed by atoms with Crippen molar-refractivity contribution in [2.75, 3.05) is 6.54 Å². The molecule has 21 heavy (non-hydrogen) atoms. The fourth-order valence-electron chi connectivity index (χ4n) is 2.66. The summed E-state index contributed by atoms with van der Waals surface area (Å²) in [5, 5.41) is 10.9. The molecule has 1 aromatic rings. The quantitative estimate of drug-likeness (QED) is 0.680. The first-order chi connectivity index (χ1) is 9.41. The Hall–Kier alpha value is -1.18. The van der Waals surface area contributed by atoms with Gasteiger partial charge in [0, 0.05) is 24.7 Å². The average molecular weight is 334 g/mol. The van der Waals surface area contributed by atoms with Gasteiger partial charge >= 0.3 is 0 Å². The summed E-state index contributed by atoms with van der Waals surface area (Å²) in [6.45, 7) is 4.24. The third-order valence-corrected chi connectivity index (χ3v) is 4.74. The van der Waals surface area contributed by atoms with Crippen molar-refractivity contribution in [3.8, 4) is 0 Å². The lowest BCUT2D eigenvalue weighted by atomic mass is 9.97. The van der Waals surface area contributed by atoms with Crippen LogP contribution in [0.4, 0.5) is 5.69 Å². The number of halogens is 1. The number of likely N-dealkylation sites (tertiary alicyclic amines) is 1. The number of hydrogen-bond acceptors (Lipinski definition) is 5. The van der Waals surface area contributed by atoms with E-state index < -0.39 is 4.92 Å². The van der Waals surface area contributed by atoms with Crippen LogP contribution < -0.4 is 5.73 Å². The molecule has 1 aromatic heterocycles. The Balaban J connectivity index is 0.00000220. The summed E-state index contributed by atoms with van der Waals surface area (Å²) in [6.07, 6.45) is 2.93. The van der Waals surface area contributed by atoms with Gasteiger partial charge < -0.3 is 10.6 Å². The highest BCUT2D eigenvalue weighted by atomic mass is 35.5. The Bertz CT molecular complexity index is 533. The van der Waals surface area contributed by atoms with Gasteiger partial charge in [-0.3, -0.25) is 14.9 Å².